The molecule has 4 aromatic rings. The molecule has 0 aliphatic rings. The van der Waals surface area contributed by atoms with Gasteiger partial charge in [-0.2, -0.15) is 0 Å². The van der Waals surface area contributed by atoms with Gasteiger partial charge in [0.15, 0.2) is 5.58 Å². The van der Waals surface area contributed by atoms with E-state index in [0.717, 1.165) is 18.1 Å². The standard InChI is InChI=1S/C20H20N6O4S/c1-3-21-18-11-19(23-12(2)22-18)24-13-4-6-14(7-5-13)26-31(28,29)15-8-9-17-16(10-15)25-20(27)30-17/h4-11,26H,3H2,1-2H3,(H,25,27)(H2,21,22,23,24). The number of hydrogen-bond acceptors (Lipinski definition) is 8. The summed E-state index contributed by atoms with van der Waals surface area (Å²) in [5.41, 5.74) is 1.72. The normalized spacial score (nSPS) is 11.4. The topological polar surface area (TPSA) is 142 Å². The molecule has 0 aliphatic carbocycles. The molecule has 0 unspecified atom stereocenters. The van der Waals surface area contributed by atoms with Crippen LogP contribution in [0.25, 0.3) is 11.1 Å². The maximum atomic E-state index is 12.7. The Labute approximate surface area is 177 Å². The third-order valence-electron chi connectivity index (χ3n) is 4.31. The summed E-state index contributed by atoms with van der Waals surface area (Å²) in [6, 6.07) is 12.7. The van der Waals surface area contributed by atoms with E-state index in [2.05, 4.69) is 30.3 Å². The van der Waals surface area contributed by atoms with Crippen molar-refractivity contribution in [1.29, 1.82) is 0 Å². The van der Waals surface area contributed by atoms with Gasteiger partial charge in [-0.05, 0) is 56.3 Å². The molecule has 4 rings (SSSR count). The molecular formula is C20H20N6O4S. The molecule has 11 heteroatoms. The molecule has 0 saturated carbocycles. The lowest BCUT2D eigenvalue weighted by Gasteiger charge is -2.11. The highest BCUT2D eigenvalue weighted by atomic mass is 32.2. The summed E-state index contributed by atoms with van der Waals surface area (Å²) >= 11 is 0. The summed E-state index contributed by atoms with van der Waals surface area (Å²) < 4.78 is 32.8. The highest BCUT2D eigenvalue weighted by Crippen LogP contribution is 2.23. The molecule has 0 amide bonds. The van der Waals surface area contributed by atoms with Gasteiger partial charge in [0.05, 0.1) is 10.4 Å². The summed E-state index contributed by atoms with van der Waals surface area (Å²) in [7, 11) is -3.85. The van der Waals surface area contributed by atoms with Crippen LogP contribution in [-0.4, -0.2) is 29.9 Å². The van der Waals surface area contributed by atoms with E-state index >= 15 is 0 Å². The Morgan fingerprint density at radius 3 is 2.45 bits per heavy atom. The zero-order valence-corrected chi connectivity index (χ0v) is 17.6. The van der Waals surface area contributed by atoms with Gasteiger partial charge in [-0.15, -0.1) is 0 Å². The van der Waals surface area contributed by atoms with Gasteiger partial charge in [0.25, 0.3) is 10.0 Å². The van der Waals surface area contributed by atoms with Crippen LogP contribution in [0.2, 0.25) is 0 Å². The summed E-state index contributed by atoms with van der Waals surface area (Å²) in [6.45, 7) is 4.53. The lowest BCUT2D eigenvalue weighted by atomic mass is 10.3. The minimum Gasteiger partial charge on any atom is -0.408 e. The van der Waals surface area contributed by atoms with Crippen LogP contribution < -0.4 is 21.1 Å². The van der Waals surface area contributed by atoms with Crippen molar-refractivity contribution in [1.82, 2.24) is 15.0 Å². The van der Waals surface area contributed by atoms with E-state index < -0.39 is 15.8 Å². The highest BCUT2D eigenvalue weighted by molar-refractivity contribution is 7.92. The molecule has 0 spiro atoms. The van der Waals surface area contributed by atoms with Crippen molar-refractivity contribution >= 4 is 44.1 Å². The minimum absolute atomic E-state index is 0.00617. The fraction of sp³-hybridized carbons (Fsp3) is 0.150. The van der Waals surface area contributed by atoms with Crippen molar-refractivity contribution in [2.24, 2.45) is 0 Å². The van der Waals surface area contributed by atoms with Gasteiger partial charge < -0.3 is 15.1 Å². The van der Waals surface area contributed by atoms with Gasteiger partial charge in [-0.25, -0.2) is 23.2 Å². The van der Waals surface area contributed by atoms with Crippen LogP contribution in [-0.2, 0) is 10.0 Å². The van der Waals surface area contributed by atoms with Crippen LogP contribution in [0.3, 0.4) is 0 Å². The average Bonchev–Trinajstić information content (AvgIpc) is 3.08. The van der Waals surface area contributed by atoms with E-state index in [-0.39, 0.29) is 10.5 Å². The number of nitrogens with zero attached hydrogens (tertiary/aromatic N) is 2. The van der Waals surface area contributed by atoms with E-state index in [0.29, 0.717) is 22.8 Å². The molecule has 0 atom stereocenters. The third-order valence-corrected chi connectivity index (χ3v) is 5.69. The SMILES string of the molecule is CCNc1cc(Nc2ccc(NS(=O)(=O)c3ccc4oc(=O)[nH]c4c3)cc2)nc(C)n1. The number of H-pyrrole nitrogens is 1. The second-order valence-corrected chi connectivity index (χ2v) is 8.38. The van der Waals surface area contributed by atoms with Crippen molar-refractivity contribution in [3.8, 4) is 0 Å². The quantitative estimate of drug-likeness (QED) is 0.343. The van der Waals surface area contributed by atoms with Crippen LogP contribution in [0.15, 0.2) is 62.6 Å². The summed E-state index contributed by atoms with van der Waals surface area (Å²) in [5, 5.41) is 6.32. The molecule has 0 radical (unpaired) electrons. The Bertz CT molecular complexity index is 1390. The minimum atomic E-state index is -3.85. The summed E-state index contributed by atoms with van der Waals surface area (Å²) in [4.78, 5) is 22.4. The molecule has 10 nitrogen and oxygen atoms in total. The van der Waals surface area contributed by atoms with Gasteiger partial charge >= 0.3 is 5.76 Å². The van der Waals surface area contributed by atoms with Crippen LogP contribution in [0.5, 0.6) is 0 Å². The van der Waals surface area contributed by atoms with Gasteiger partial charge in [-0.3, -0.25) is 9.71 Å². The first-order valence-electron chi connectivity index (χ1n) is 9.45. The first-order valence-corrected chi connectivity index (χ1v) is 10.9. The molecule has 2 aromatic carbocycles. The molecule has 160 valence electrons. The lowest BCUT2D eigenvalue weighted by molar-refractivity contribution is 0.555. The van der Waals surface area contributed by atoms with Gasteiger partial charge in [0, 0.05) is 24.0 Å². The molecule has 2 heterocycles. The van der Waals surface area contributed by atoms with Crippen LogP contribution in [0.1, 0.15) is 12.7 Å². The number of nitrogens with one attached hydrogen (secondary N) is 4. The van der Waals surface area contributed by atoms with E-state index in [1.54, 1.807) is 37.3 Å². The largest absolute Gasteiger partial charge is 0.417 e. The predicted molar refractivity (Wildman–Crippen MR) is 118 cm³/mol. The fourth-order valence-electron chi connectivity index (χ4n) is 2.99. The van der Waals surface area contributed by atoms with Gasteiger partial charge in [-0.1, -0.05) is 0 Å². The van der Waals surface area contributed by atoms with Crippen molar-refractivity contribution in [2.75, 3.05) is 21.9 Å². The summed E-state index contributed by atoms with van der Waals surface area (Å²) in [5.74, 6) is 1.33. The summed E-state index contributed by atoms with van der Waals surface area (Å²) in [6.07, 6.45) is 0. The number of hydrogen-bond donors (Lipinski definition) is 4. The zero-order valence-electron chi connectivity index (χ0n) is 16.8. The smallest absolute Gasteiger partial charge is 0.408 e. The molecule has 0 aliphatic heterocycles. The van der Waals surface area contributed by atoms with Crippen LogP contribution >= 0.6 is 0 Å². The highest BCUT2D eigenvalue weighted by Gasteiger charge is 2.16. The lowest BCUT2D eigenvalue weighted by Crippen LogP contribution is -2.12. The monoisotopic (exact) mass is 440 g/mol. The third kappa shape index (κ3) is 4.67. The Hall–Kier alpha value is -3.86. The number of sulfonamides is 1. The van der Waals surface area contributed by atoms with Gasteiger partial charge in [0.2, 0.25) is 0 Å². The number of oxazole rings is 1. The Balaban J connectivity index is 1.50. The average molecular weight is 440 g/mol. The fourth-order valence-corrected chi connectivity index (χ4v) is 4.07. The van der Waals surface area contributed by atoms with Crippen molar-refractivity contribution in [3.63, 3.8) is 0 Å². The number of benzene rings is 2. The number of anilines is 4. The van der Waals surface area contributed by atoms with E-state index in [9.17, 15) is 13.2 Å². The maximum Gasteiger partial charge on any atom is 0.417 e. The van der Waals surface area contributed by atoms with Crippen molar-refractivity contribution in [2.45, 2.75) is 18.7 Å². The first kappa shape index (κ1) is 20.4. The second kappa shape index (κ2) is 8.11. The molecular weight excluding hydrogens is 420 g/mol. The van der Waals surface area contributed by atoms with E-state index in [1.807, 2.05) is 6.92 Å². The Morgan fingerprint density at radius 2 is 1.71 bits per heavy atom. The predicted octanol–water partition coefficient (Wildman–Crippen LogP) is 3.20. The Kier molecular flexibility index (Phi) is 5.34. The molecule has 0 bridgehead atoms. The van der Waals surface area contributed by atoms with Crippen molar-refractivity contribution < 1.29 is 12.8 Å². The van der Waals surface area contributed by atoms with Crippen molar-refractivity contribution in [3.05, 3.63) is 64.9 Å². The second-order valence-electron chi connectivity index (χ2n) is 6.70. The van der Waals surface area contributed by atoms with E-state index in [1.165, 1.54) is 18.2 Å². The molecule has 2 aromatic heterocycles. The number of aromatic nitrogens is 3. The number of rotatable bonds is 7. The first-order chi connectivity index (χ1) is 14.8. The molecule has 0 saturated heterocycles. The molecule has 0 fully saturated rings. The van der Waals surface area contributed by atoms with Crippen LogP contribution in [0, 0.1) is 6.92 Å². The maximum absolute atomic E-state index is 12.7. The number of fused-ring (bicyclic) bond motifs is 1. The zero-order chi connectivity index (χ0) is 22.0. The van der Waals surface area contributed by atoms with Gasteiger partial charge in [0.1, 0.15) is 17.5 Å². The van der Waals surface area contributed by atoms with E-state index in [4.69, 9.17) is 4.42 Å². The molecule has 31 heavy (non-hydrogen) atoms. The van der Waals surface area contributed by atoms with Crippen LogP contribution in [0.4, 0.5) is 23.0 Å². The Morgan fingerprint density at radius 1 is 1.00 bits per heavy atom. The number of aromatic amines is 1. The molecule has 4 N–H and O–H groups in total. The number of aryl methyl sites for hydroxylation is 1.